The van der Waals surface area contributed by atoms with Crippen molar-refractivity contribution in [2.45, 2.75) is 32.8 Å². The van der Waals surface area contributed by atoms with E-state index in [1.165, 1.54) is 11.3 Å². The monoisotopic (exact) mass is 324 g/mol. The van der Waals surface area contributed by atoms with E-state index < -0.39 is 5.60 Å². The number of nitrogens with zero attached hydrogens (tertiary/aromatic N) is 2. The van der Waals surface area contributed by atoms with Crippen LogP contribution in [0.15, 0.2) is 17.5 Å². The fourth-order valence-electron chi connectivity index (χ4n) is 2.53. The van der Waals surface area contributed by atoms with Crippen LogP contribution in [-0.4, -0.2) is 54.1 Å². The quantitative estimate of drug-likeness (QED) is 0.858. The van der Waals surface area contributed by atoms with Gasteiger partial charge in [-0.05, 0) is 44.6 Å². The second-order valence-corrected chi connectivity index (χ2v) is 7.69. The molecule has 1 saturated heterocycles. The Labute approximate surface area is 135 Å². The largest absolute Gasteiger partial charge is 0.444 e. The summed E-state index contributed by atoms with van der Waals surface area (Å²) in [7, 11) is 1.82. The fourth-order valence-corrected chi connectivity index (χ4v) is 3.25. The van der Waals surface area contributed by atoms with Gasteiger partial charge in [-0.25, -0.2) is 4.79 Å². The van der Waals surface area contributed by atoms with Crippen molar-refractivity contribution >= 4 is 23.3 Å². The molecule has 0 N–H and O–H groups in total. The van der Waals surface area contributed by atoms with Crippen molar-refractivity contribution in [3.8, 4) is 0 Å². The van der Waals surface area contributed by atoms with Crippen LogP contribution in [0.4, 0.5) is 4.79 Å². The molecule has 1 aromatic rings. The number of likely N-dealkylation sites (tertiary alicyclic amines) is 1. The maximum Gasteiger partial charge on any atom is 0.410 e. The lowest BCUT2D eigenvalue weighted by Crippen LogP contribution is -2.37. The first-order valence-electron chi connectivity index (χ1n) is 7.53. The van der Waals surface area contributed by atoms with E-state index in [0.29, 0.717) is 25.6 Å². The van der Waals surface area contributed by atoms with Gasteiger partial charge in [0.05, 0.1) is 4.88 Å². The van der Waals surface area contributed by atoms with Crippen molar-refractivity contribution in [3.63, 3.8) is 0 Å². The van der Waals surface area contributed by atoms with E-state index in [9.17, 15) is 9.59 Å². The van der Waals surface area contributed by atoms with Gasteiger partial charge >= 0.3 is 6.09 Å². The summed E-state index contributed by atoms with van der Waals surface area (Å²) in [5.74, 6) is 0.354. The minimum atomic E-state index is -0.471. The zero-order valence-corrected chi connectivity index (χ0v) is 14.5. The number of rotatable bonds is 3. The molecule has 5 nitrogen and oxygen atoms in total. The molecular formula is C16H24N2O3S. The van der Waals surface area contributed by atoms with Crippen molar-refractivity contribution in [3.05, 3.63) is 22.4 Å². The van der Waals surface area contributed by atoms with Gasteiger partial charge in [0.1, 0.15) is 5.60 Å². The third kappa shape index (κ3) is 4.47. The molecule has 0 spiro atoms. The van der Waals surface area contributed by atoms with E-state index in [2.05, 4.69) is 0 Å². The minimum Gasteiger partial charge on any atom is -0.444 e. The molecule has 1 atom stereocenters. The first-order chi connectivity index (χ1) is 10.3. The van der Waals surface area contributed by atoms with Crippen molar-refractivity contribution < 1.29 is 14.3 Å². The standard InChI is InChI=1S/C16H24N2O3S/c1-16(2,3)21-15(20)18-8-7-12(11-18)10-17(4)14(19)13-6-5-9-22-13/h5-6,9,12H,7-8,10-11H2,1-4H3. The predicted octanol–water partition coefficient (Wildman–Crippen LogP) is 3.08. The summed E-state index contributed by atoms with van der Waals surface area (Å²) in [5, 5.41) is 1.90. The minimum absolute atomic E-state index is 0.0470. The summed E-state index contributed by atoms with van der Waals surface area (Å²) in [5.41, 5.74) is -0.471. The van der Waals surface area contributed by atoms with E-state index in [4.69, 9.17) is 4.74 Å². The lowest BCUT2D eigenvalue weighted by molar-refractivity contribution is 0.0286. The molecule has 1 unspecified atom stereocenters. The summed E-state index contributed by atoms with van der Waals surface area (Å²) in [4.78, 5) is 28.5. The number of hydrogen-bond acceptors (Lipinski definition) is 4. The third-order valence-corrected chi connectivity index (χ3v) is 4.41. The summed E-state index contributed by atoms with van der Waals surface area (Å²) < 4.78 is 5.39. The lowest BCUT2D eigenvalue weighted by Gasteiger charge is -2.25. The van der Waals surface area contributed by atoms with Crippen LogP contribution >= 0.6 is 11.3 Å². The summed E-state index contributed by atoms with van der Waals surface area (Å²) >= 11 is 1.45. The molecule has 2 rings (SSSR count). The van der Waals surface area contributed by atoms with Crippen LogP contribution in [0, 0.1) is 5.92 Å². The molecule has 22 heavy (non-hydrogen) atoms. The Kier molecular flexibility index (Phi) is 5.11. The van der Waals surface area contributed by atoms with Gasteiger partial charge in [0.2, 0.25) is 0 Å². The molecule has 122 valence electrons. The number of ether oxygens (including phenoxy) is 1. The first kappa shape index (κ1) is 16.8. The van der Waals surface area contributed by atoms with E-state index >= 15 is 0 Å². The molecule has 1 fully saturated rings. The molecule has 0 bridgehead atoms. The molecule has 2 heterocycles. The Morgan fingerprint density at radius 2 is 2.18 bits per heavy atom. The molecule has 0 radical (unpaired) electrons. The highest BCUT2D eigenvalue weighted by Gasteiger charge is 2.31. The highest BCUT2D eigenvalue weighted by molar-refractivity contribution is 7.12. The molecule has 1 aliphatic rings. The van der Waals surface area contributed by atoms with Crippen LogP contribution in [0.25, 0.3) is 0 Å². The second kappa shape index (κ2) is 6.69. The van der Waals surface area contributed by atoms with Crippen molar-refractivity contribution in [2.24, 2.45) is 5.92 Å². The van der Waals surface area contributed by atoms with Crippen LogP contribution in [0.5, 0.6) is 0 Å². The second-order valence-electron chi connectivity index (χ2n) is 6.74. The van der Waals surface area contributed by atoms with Crippen molar-refractivity contribution in [2.75, 3.05) is 26.7 Å². The van der Waals surface area contributed by atoms with Crippen molar-refractivity contribution in [1.82, 2.24) is 9.80 Å². The maximum atomic E-state index is 12.2. The number of thiophene rings is 1. The number of carbonyl (C=O) groups is 2. The van der Waals surface area contributed by atoms with Gasteiger partial charge < -0.3 is 14.5 Å². The van der Waals surface area contributed by atoms with Gasteiger partial charge in [0, 0.05) is 26.7 Å². The topological polar surface area (TPSA) is 49.9 Å². The molecule has 1 aliphatic heterocycles. The smallest absolute Gasteiger partial charge is 0.410 e. The third-order valence-electron chi connectivity index (χ3n) is 3.55. The van der Waals surface area contributed by atoms with Gasteiger partial charge in [-0.2, -0.15) is 0 Å². The molecule has 6 heteroatoms. The van der Waals surface area contributed by atoms with Crippen LogP contribution in [-0.2, 0) is 4.74 Å². The van der Waals surface area contributed by atoms with Crippen LogP contribution < -0.4 is 0 Å². The molecular weight excluding hydrogens is 300 g/mol. The van der Waals surface area contributed by atoms with E-state index in [0.717, 1.165) is 11.3 Å². The zero-order chi connectivity index (χ0) is 16.3. The summed E-state index contributed by atoms with van der Waals surface area (Å²) in [6, 6.07) is 3.72. The molecule has 1 aromatic heterocycles. The van der Waals surface area contributed by atoms with Gasteiger partial charge in [0.25, 0.3) is 5.91 Å². The van der Waals surface area contributed by atoms with Gasteiger partial charge in [-0.1, -0.05) is 6.07 Å². The Balaban J connectivity index is 1.83. The SMILES string of the molecule is CN(CC1CCN(C(=O)OC(C)(C)C)C1)C(=O)c1cccs1. The van der Waals surface area contributed by atoms with Gasteiger partial charge in [-0.3, -0.25) is 4.79 Å². The van der Waals surface area contributed by atoms with Crippen molar-refractivity contribution in [1.29, 1.82) is 0 Å². The van der Waals surface area contributed by atoms with E-state index in [-0.39, 0.29) is 12.0 Å². The van der Waals surface area contributed by atoms with Gasteiger partial charge in [0.15, 0.2) is 0 Å². The Bertz CT molecular complexity index is 522. The van der Waals surface area contributed by atoms with Crippen LogP contribution in [0.3, 0.4) is 0 Å². The highest BCUT2D eigenvalue weighted by atomic mass is 32.1. The van der Waals surface area contributed by atoms with E-state index in [1.807, 2.05) is 45.3 Å². The Morgan fingerprint density at radius 1 is 1.45 bits per heavy atom. The summed E-state index contributed by atoms with van der Waals surface area (Å²) in [6.07, 6.45) is 0.642. The first-order valence-corrected chi connectivity index (χ1v) is 8.41. The predicted molar refractivity (Wildman–Crippen MR) is 87.2 cm³/mol. The number of amides is 2. The van der Waals surface area contributed by atoms with Crippen LogP contribution in [0.2, 0.25) is 0 Å². The van der Waals surface area contributed by atoms with E-state index in [1.54, 1.807) is 9.80 Å². The molecule has 2 amide bonds. The molecule has 0 saturated carbocycles. The number of hydrogen-bond donors (Lipinski definition) is 0. The average Bonchev–Trinajstić information content (AvgIpc) is 3.06. The zero-order valence-electron chi connectivity index (χ0n) is 13.7. The maximum absolute atomic E-state index is 12.2. The normalized spacial score (nSPS) is 18.4. The van der Waals surface area contributed by atoms with Gasteiger partial charge in [-0.15, -0.1) is 11.3 Å². The highest BCUT2D eigenvalue weighted by Crippen LogP contribution is 2.21. The molecule has 0 aliphatic carbocycles. The Morgan fingerprint density at radius 3 is 2.77 bits per heavy atom. The number of carbonyl (C=O) groups excluding carboxylic acids is 2. The summed E-state index contributed by atoms with van der Waals surface area (Å²) in [6.45, 7) is 7.61. The Hall–Kier alpha value is -1.56. The average molecular weight is 324 g/mol. The fraction of sp³-hybridized carbons (Fsp3) is 0.625. The lowest BCUT2D eigenvalue weighted by atomic mass is 10.1. The van der Waals surface area contributed by atoms with Crippen LogP contribution in [0.1, 0.15) is 36.9 Å². The molecule has 0 aromatic carbocycles.